The van der Waals surface area contributed by atoms with Gasteiger partial charge < -0.3 is 0 Å². The number of hydrogen-bond donors (Lipinski definition) is 4. The van der Waals surface area contributed by atoms with Crippen molar-refractivity contribution in [1.82, 2.24) is 10.6 Å². The second kappa shape index (κ2) is 11.5. The van der Waals surface area contributed by atoms with Gasteiger partial charge in [-0.15, -0.1) is 0 Å². The van der Waals surface area contributed by atoms with Crippen LogP contribution in [0.5, 0.6) is 0 Å². The van der Waals surface area contributed by atoms with Gasteiger partial charge in [-0.25, -0.2) is 0 Å². The van der Waals surface area contributed by atoms with E-state index in [0.717, 1.165) is 0 Å². The van der Waals surface area contributed by atoms with Crippen LogP contribution in [0.1, 0.15) is 41.5 Å². The molecule has 0 aliphatic heterocycles. The van der Waals surface area contributed by atoms with Crippen molar-refractivity contribution in [1.29, 1.82) is 0 Å². The van der Waals surface area contributed by atoms with E-state index < -0.39 is 47.4 Å². The molecule has 0 aromatic heterocycles. The van der Waals surface area contributed by atoms with Crippen LogP contribution in [-0.2, 0) is 19.1 Å². The van der Waals surface area contributed by atoms with E-state index >= 15 is 0 Å². The van der Waals surface area contributed by atoms with Crippen molar-refractivity contribution in [3.63, 3.8) is 0 Å². The summed E-state index contributed by atoms with van der Waals surface area (Å²) in [5.41, 5.74) is -1.49. The molecule has 0 rings (SSSR count). The molecule has 0 radical (unpaired) electrons. The van der Waals surface area contributed by atoms with Crippen molar-refractivity contribution in [2.75, 3.05) is 0 Å². The first-order valence-electron chi connectivity index (χ1n) is 8.30. The molecule has 2 amide bonds. The molecular formula is C16H28N2O8Se2. The van der Waals surface area contributed by atoms with E-state index in [0.29, 0.717) is 0 Å². The van der Waals surface area contributed by atoms with Gasteiger partial charge in [0, 0.05) is 0 Å². The summed E-state index contributed by atoms with van der Waals surface area (Å²) in [6.45, 7) is 9.99. The Hall–Kier alpha value is -1.48. The minimum atomic E-state index is -1.19. The fourth-order valence-electron chi connectivity index (χ4n) is 1.48. The molecule has 10 nitrogen and oxygen atoms in total. The first-order chi connectivity index (χ1) is 12.6. The zero-order valence-electron chi connectivity index (χ0n) is 16.7. The van der Waals surface area contributed by atoms with Crippen molar-refractivity contribution < 1.29 is 38.9 Å². The van der Waals surface area contributed by atoms with Crippen molar-refractivity contribution >= 4 is 50.4 Å². The molecular weight excluding hydrogens is 506 g/mol. The van der Waals surface area contributed by atoms with E-state index in [1.165, 1.54) is 0 Å². The molecule has 0 heterocycles. The molecule has 0 aliphatic carbocycles. The molecule has 0 saturated carbocycles. The molecule has 12 heteroatoms. The summed E-state index contributed by atoms with van der Waals surface area (Å²) in [5, 5.41) is 23.4. The van der Waals surface area contributed by atoms with Gasteiger partial charge in [0.15, 0.2) is 0 Å². The Labute approximate surface area is 175 Å². The van der Waals surface area contributed by atoms with Crippen LogP contribution in [0.15, 0.2) is 0 Å². The van der Waals surface area contributed by atoms with Crippen molar-refractivity contribution in [3.8, 4) is 0 Å². The average molecular weight is 534 g/mol. The number of carboxylic acids is 2. The Kier molecular flexibility index (Phi) is 10.9. The molecule has 4 N–H and O–H groups in total. The summed E-state index contributed by atoms with van der Waals surface area (Å²) in [6, 6.07) is -2.22. The van der Waals surface area contributed by atoms with E-state index in [4.69, 9.17) is 9.47 Å². The summed E-state index contributed by atoms with van der Waals surface area (Å²) in [6.07, 6.45) is -1.64. The van der Waals surface area contributed by atoms with E-state index in [1.807, 2.05) is 0 Å². The normalized spacial score (nSPS) is 13.8. The third-order valence-electron chi connectivity index (χ3n) is 2.53. The summed E-state index contributed by atoms with van der Waals surface area (Å²) >= 11 is -0.428. The average Bonchev–Trinajstić information content (AvgIpc) is 2.44. The monoisotopic (exact) mass is 536 g/mol. The quantitative estimate of drug-likeness (QED) is 0.254. The predicted octanol–water partition coefficient (Wildman–Crippen LogP) is 1.10. The van der Waals surface area contributed by atoms with Gasteiger partial charge in [0.25, 0.3) is 0 Å². The number of aliphatic carboxylic acids is 2. The van der Waals surface area contributed by atoms with Gasteiger partial charge in [0.1, 0.15) is 0 Å². The van der Waals surface area contributed by atoms with Crippen LogP contribution in [-0.4, -0.2) is 83.9 Å². The van der Waals surface area contributed by atoms with Crippen LogP contribution in [0, 0.1) is 0 Å². The third-order valence-corrected chi connectivity index (χ3v) is 9.63. The van der Waals surface area contributed by atoms with Gasteiger partial charge in [0.05, 0.1) is 0 Å². The molecule has 162 valence electrons. The number of carbonyl (C=O) groups is 4. The Morgan fingerprint density at radius 3 is 1.25 bits per heavy atom. The van der Waals surface area contributed by atoms with Crippen LogP contribution in [0.2, 0.25) is 10.6 Å². The zero-order chi connectivity index (χ0) is 22.1. The fraction of sp³-hybridized carbons (Fsp3) is 0.750. The van der Waals surface area contributed by atoms with E-state index in [1.54, 1.807) is 41.5 Å². The van der Waals surface area contributed by atoms with Crippen LogP contribution in [0.3, 0.4) is 0 Å². The van der Waals surface area contributed by atoms with E-state index in [-0.39, 0.29) is 36.9 Å². The Morgan fingerprint density at radius 2 is 1.04 bits per heavy atom. The molecule has 0 spiro atoms. The Morgan fingerprint density at radius 1 is 0.750 bits per heavy atom. The number of amides is 2. The van der Waals surface area contributed by atoms with Gasteiger partial charge in [-0.1, -0.05) is 0 Å². The Balaban J connectivity index is 4.51. The number of ether oxygens (including phenoxy) is 2. The predicted molar refractivity (Wildman–Crippen MR) is 103 cm³/mol. The van der Waals surface area contributed by atoms with Gasteiger partial charge in [-0.05, 0) is 0 Å². The summed E-state index contributed by atoms with van der Waals surface area (Å²) in [4.78, 5) is 46.0. The Bertz CT molecular complexity index is 522. The molecule has 0 bridgehead atoms. The second-order valence-corrected chi connectivity index (χ2v) is 15.2. The number of nitrogens with one attached hydrogen (secondary N) is 2. The minimum absolute atomic E-state index is 0.181. The van der Waals surface area contributed by atoms with E-state index in [9.17, 15) is 29.4 Å². The number of alkyl carbamates (subject to hydrolysis) is 2. The molecule has 2 atom stereocenters. The molecule has 0 saturated heterocycles. The molecule has 0 aliphatic rings. The van der Waals surface area contributed by atoms with Gasteiger partial charge in [-0.3, -0.25) is 0 Å². The molecule has 0 fully saturated rings. The number of hydrogen-bond acceptors (Lipinski definition) is 6. The van der Waals surface area contributed by atoms with Gasteiger partial charge in [0.2, 0.25) is 0 Å². The van der Waals surface area contributed by atoms with Crippen molar-refractivity contribution in [3.05, 3.63) is 0 Å². The van der Waals surface area contributed by atoms with Gasteiger partial charge >= 0.3 is 175 Å². The molecule has 28 heavy (non-hydrogen) atoms. The zero-order valence-corrected chi connectivity index (χ0v) is 20.2. The van der Waals surface area contributed by atoms with Crippen molar-refractivity contribution in [2.45, 2.75) is 75.5 Å². The maximum atomic E-state index is 11.7. The van der Waals surface area contributed by atoms with Crippen molar-refractivity contribution in [2.24, 2.45) is 0 Å². The standard InChI is InChI=1S/C16H28N2O8Se2/c1-15(2,3)25-13(23)17-9(11(19)20)7-27-28-8-10(12(21)22)18-14(24)26-16(4,5)6/h9-10H,7-8H2,1-6H3,(H,17,23)(H,18,24)(H,19,20)(H,21,22). The number of carbonyl (C=O) groups excluding carboxylic acids is 2. The van der Waals surface area contributed by atoms with Gasteiger partial charge in [-0.2, -0.15) is 0 Å². The summed E-state index contributed by atoms with van der Waals surface area (Å²) in [5.74, 6) is -2.38. The first kappa shape index (κ1) is 26.5. The molecule has 0 aromatic rings. The van der Waals surface area contributed by atoms with E-state index in [2.05, 4.69) is 10.6 Å². The van der Waals surface area contributed by atoms with Crippen LogP contribution in [0.25, 0.3) is 0 Å². The maximum absolute atomic E-state index is 11.7. The second-order valence-electron chi connectivity index (χ2n) is 7.64. The first-order valence-corrected chi connectivity index (χ1v) is 15.1. The molecule has 0 aromatic carbocycles. The van der Waals surface area contributed by atoms with Crippen LogP contribution < -0.4 is 10.6 Å². The summed E-state index contributed by atoms with van der Waals surface area (Å²) < 4.78 is 10.1. The number of rotatable bonds is 9. The van der Waals surface area contributed by atoms with Crippen LogP contribution >= 0.6 is 0 Å². The SMILES string of the molecule is CC(C)(C)OC(=O)NC(C[Se][Se]CC(NC(=O)OC(C)(C)C)C(=O)O)C(=O)O. The molecule has 2 unspecified atom stereocenters. The number of carboxylic acid groups (broad SMARTS) is 2. The van der Waals surface area contributed by atoms with Crippen LogP contribution in [0.4, 0.5) is 9.59 Å². The third kappa shape index (κ3) is 13.7. The fourth-order valence-corrected chi connectivity index (χ4v) is 8.47. The summed E-state index contributed by atoms with van der Waals surface area (Å²) in [7, 11) is 0. The topological polar surface area (TPSA) is 151 Å².